The molecule has 2 aromatic carbocycles. The van der Waals surface area contributed by atoms with Gasteiger partial charge < -0.3 is 19.5 Å². The Morgan fingerprint density at radius 1 is 1.04 bits per heavy atom. The molecule has 6 nitrogen and oxygen atoms in total. The molecule has 0 spiro atoms. The van der Waals surface area contributed by atoms with Crippen molar-refractivity contribution >= 4 is 17.6 Å². The van der Waals surface area contributed by atoms with Crippen molar-refractivity contribution in [3.8, 4) is 11.5 Å². The molecule has 27 heavy (non-hydrogen) atoms. The second kappa shape index (κ2) is 10.8. The largest absolute Gasteiger partial charge is 0.490 e. The van der Waals surface area contributed by atoms with Gasteiger partial charge in [-0.1, -0.05) is 18.2 Å². The van der Waals surface area contributed by atoms with Gasteiger partial charge in [0.25, 0.3) is 5.91 Å². The smallest absolute Gasteiger partial charge is 0.306 e. The van der Waals surface area contributed by atoms with Crippen LogP contribution in [0.25, 0.3) is 0 Å². The number of esters is 1. The van der Waals surface area contributed by atoms with Gasteiger partial charge in [0, 0.05) is 12.1 Å². The van der Waals surface area contributed by atoms with E-state index in [1.807, 2.05) is 25.1 Å². The Balaban J connectivity index is 1.64. The summed E-state index contributed by atoms with van der Waals surface area (Å²) in [4.78, 5) is 23.4. The van der Waals surface area contributed by atoms with E-state index in [4.69, 9.17) is 14.2 Å². The van der Waals surface area contributed by atoms with Gasteiger partial charge >= 0.3 is 5.97 Å². The summed E-state index contributed by atoms with van der Waals surface area (Å²) < 4.78 is 29.0. The number of carbonyl (C=O) groups excluding carboxylic acids is 2. The van der Waals surface area contributed by atoms with E-state index in [9.17, 15) is 14.0 Å². The highest BCUT2D eigenvalue weighted by Gasteiger charge is 2.09. The molecular weight excluding hydrogens is 353 g/mol. The van der Waals surface area contributed by atoms with E-state index in [-0.39, 0.29) is 6.42 Å². The van der Waals surface area contributed by atoms with Crippen molar-refractivity contribution in [3.05, 3.63) is 54.3 Å². The molecule has 0 saturated carbocycles. The minimum absolute atomic E-state index is 0.115. The molecule has 0 aliphatic heterocycles. The number of halogens is 1. The molecule has 1 amide bonds. The van der Waals surface area contributed by atoms with Gasteiger partial charge in [0.1, 0.15) is 5.82 Å². The third-order valence-electron chi connectivity index (χ3n) is 3.40. The fourth-order valence-corrected chi connectivity index (χ4v) is 2.22. The van der Waals surface area contributed by atoms with E-state index in [2.05, 4.69) is 5.32 Å². The van der Waals surface area contributed by atoms with E-state index in [0.717, 1.165) is 0 Å². The van der Waals surface area contributed by atoms with Crippen LogP contribution in [0.3, 0.4) is 0 Å². The van der Waals surface area contributed by atoms with E-state index < -0.39 is 24.3 Å². The lowest BCUT2D eigenvalue weighted by Crippen LogP contribution is -2.21. The number of rotatable bonds is 10. The van der Waals surface area contributed by atoms with Crippen LogP contribution in [-0.2, 0) is 14.3 Å². The SMILES string of the molecule is CCOc1ccccc1OCCCC(=O)OCC(=O)Nc1cccc(F)c1. The average Bonchev–Trinajstić information content (AvgIpc) is 2.65. The normalized spacial score (nSPS) is 10.1. The minimum atomic E-state index is -0.532. The Labute approximate surface area is 157 Å². The molecular formula is C20H22FNO5. The van der Waals surface area contributed by atoms with Crippen molar-refractivity contribution in [2.45, 2.75) is 19.8 Å². The van der Waals surface area contributed by atoms with Crippen LogP contribution in [0.4, 0.5) is 10.1 Å². The van der Waals surface area contributed by atoms with Crippen LogP contribution in [0, 0.1) is 5.82 Å². The van der Waals surface area contributed by atoms with Gasteiger partial charge in [-0.25, -0.2) is 4.39 Å². The summed E-state index contributed by atoms with van der Waals surface area (Å²) in [5.74, 6) is -0.239. The molecule has 0 aliphatic carbocycles. The number of anilines is 1. The molecule has 0 aliphatic rings. The number of hydrogen-bond acceptors (Lipinski definition) is 5. The minimum Gasteiger partial charge on any atom is -0.490 e. The lowest BCUT2D eigenvalue weighted by molar-refractivity contribution is -0.147. The molecule has 0 radical (unpaired) electrons. The highest BCUT2D eigenvalue weighted by molar-refractivity contribution is 5.92. The topological polar surface area (TPSA) is 73.9 Å². The maximum Gasteiger partial charge on any atom is 0.306 e. The van der Waals surface area contributed by atoms with Crippen molar-refractivity contribution in [3.63, 3.8) is 0 Å². The Kier molecular flexibility index (Phi) is 8.09. The van der Waals surface area contributed by atoms with E-state index in [0.29, 0.717) is 36.8 Å². The lowest BCUT2D eigenvalue weighted by atomic mass is 10.3. The third-order valence-corrected chi connectivity index (χ3v) is 3.40. The zero-order valence-corrected chi connectivity index (χ0v) is 15.1. The first-order valence-electron chi connectivity index (χ1n) is 8.64. The number of carbonyl (C=O) groups is 2. The van der Waals surface area contributed by atoms with Crippen LogP contribution >= 0.6 is 0 Å². The van der Waals surface area contributed by atoms with Crippen LogP contribution in [0.5, 0.6) is 11.5 Å². The second-order valence-corrected chi connectivity index (χ2v) is 5.55. The predicted octanol–water partition coefficient (Wildman–Crippen LogP) is 3.57. The maximum absolute atomic E-state index is 13.0. The van der Waals surface area contributed by atoms with Crippen molar-refractivity contribution in [1.82, 2.24) is 0 Å². The summed E-state index contributed by atoms with van der Waals surface area (Å²) in [5.41, 5.74) is 0.303. The van der Waals surface area contributed by atoms with Crippen molar-refractivity contribution in [2.24, 2.45) is 0 Å². The summed E-state index contributed by atoms with van der Waals surface area (Å²) in [7, 11) is 0. The Hall–Kier alpha value is -3.09. The molecule has 2 rings (SSSR count). The molecule has 1 N–H and O–H groups in total. The highest BCUT2D eigenvalue weighted by Crippen LogP contribution is 2.26. The van der Waals surface area contributed by atoms with Gasteiger partial charge in [0.15, 0.2) is 18.1 Å². The first-order chi connectivity index (χ1) is 13.1. The van der Waals surface area contributed by atoms with Crippen molar-refractivity contribution in [2.75, 3.05) is 25.1 Å². The number of amides is 1. The van der Waals surface area contributed by atoms with Crippen molar-refractivity contribution in [1.29, 1.82) is 0 Å². The molecule has 0 fully saturated rings. The van der Waals surface area contributed by atoms with Gasteiger partial charge in [-0.05, 0) is 43.7 Å². The molecule has 2 aromatic rings. The van der Waals surface area contributed by atoms with Gasteiger partial charge in [-0.3, -0.25) is 9.59 Å². The fraction of sp³-hybridized carbons (Fsp3) is 0.300. The first-order valence-corrected chi connectivity index (χ1v) is 8.64. The van der Waals surface area contributed by atoms with E-state index in [1.54, 1.807) is 12.1 Å². The van der Waals surface area contributed by atoms with Gasteiger partial charge in [0.2, 0.25) is 0 Å². The van der Waals surface area contributed by atoms with Crippen LogP contribution in [0.15, 0.2) is 48.5 Å². The van der Waals surface area contributed by atoms with E-state index >= 15 is 0 Å². The summed E-state index contributed by atoms with van der Waals surface area (Å²) in [6.45, 7) is 2.31. The standard InChI is InChI=1S/C20H22FNO5/c1-2-25-17-9-3-4-10-18(17)26-12-6-11-20(24)27-14-19(23)22-16-8-5-7-15(21)13-16/h3-5,7-10,13H,2,6,11-12,14H2,1H3,(H,22,23). The van der Waals surface area contributed by atoms with Crippen LogP contribution in [0.1, 0.15) is 19.8 Å². The molecule has 0 aromatic heterocycles. The second-order valence-electron chi connectivity index (χ2n) is 5.55. The number of benzene rings is 2. The third kappa shape index (κ3) is 7.35. The summed E-state index contributed by atoms with van der Waals surface area (Å²) in [6.07, 6.45) is 0.550. The van der Waals surface area contributed by atoms with Crippen LogP contribution in [0.2, 0.25) is 0 Å². The number of para-hydroxylation sites is 2. The highest BCUT2D eigenvalue weighted by atomic mass is 19.1. The summed E-state index contributed by atoms with van der Waals surface area (Å²) in [5, 5.41) is 2.45. The predicted molar refractivity (Wildman–Crippen MR) is 98.3 cm³/mol. The average molecular weight is 375 g/mol. The van der Waals surface area contributed by atoms with Gasteiger partial charge in [-0.2, -0.15) is 0 Å². The zero-order valence-electron chi connectivity index (χ0n) is 15.1. The fourth-order valence-electron chi connectivity index (χ4n) is 2.22. The first kappa shape index (κ1) is 20.2. The summed E-state index contributed by atoms with van der Waals surface area (Å²) in [6, 6.07) is 12.8. The maximum atomic E-state index is 13.0. The molecule has 7 heteroatoms. The number of nitrogens with one attached hydrogen (secondary N) is 1. The Morgan fingerprint density at radius 2 is 1.78 bits per heavy atom. The molecule has 0 heterocycles. The number of hydrogen-bond donors (Lipinski definition) is 1. The molecule has 0 saturated heterocycles. The van der Waals surface area contributed by atoms with Crippen LogP contribution < -0.4 is 14.8 Å². The molecule has 0 atom stereocenters. The van der Waals surface area contributed by atoms with E-state index in [1.165, 1.54) is 18.2 Å². The molecule has 0 bridgehead atoms. The Morgan fingerprint density at radius 3 is 2.48 bits per heavy atom. The van der Waals surface area contributed by atoms with Crippen molar-refractivity contribution < 1.29 is 28.2 Å². The van der Waals surface area contributed by atoms with Gasteiger partial charge in [-0.15, -0.1) is 0 Å². The number of ether oxygens (including phenoxy) is 3. The quantitative estimate of drug-likeness (QED) is 0.508. The van der Waals surface area contributed by atoms with Gasteiger partial charge in [0.05, 0.1) is 13.2 Å². The lowest BCUT2D eigenvalue weighted by Gasteiger charge is -2.11. The van der Waals surface area contributed by atoms with Crippen LogP contribution in [-0.4, -0.2) is 31.7 Å². The molecule has 0 unspecified atom stereocenters. The molecule has 144 valence electrons. The zero-order chi connectivity index (χ0) is 19.5. The monoisotopic (exact) mass is 375 g/mol. The summed E-state index contributed by atoms with van der Waals surface area (Å²) >= 11 is 0. The Bertz CT molecular complexity index is 766.